The molecule has 0 radical (unpaired) electrons. The molecule has 2 fully saturated rings. The second-order valence-corrected chi connectivity index (χ2v) is 6.22. The number of alkyl halides is 3. The van der Waals surface area contributed by atoms with Crippen molar-refractivity contribution in [2.45, 2.75) is 31.5 Å². The van der Waals surface area contributed by atoms with Crippen molar-refractivity contribution in [3.05, 3.63) is 35.1 Å². The summed E-state index contributed by atoms with van der Waals surface area (Å²) in [5, 5.41) is 3.27. The van der Waals surface area contributed by atoms with Crippen LogP contribution in [0.3, 0.4) is 0 Å². The average Bonchev–Trinajstić information content (AvgIpc) is 3.28. The van der Waals surface area contributed by atoms with Gasteiger partial charge in [0.2, 0.25) is 0 Å². The Bertz CT molecular complexity index is 529. The molecule has 1 aliphatic heterocycles. The molecule has 1 saturated heterocycles. The van der Waals surface area contributed by atoms with E-state index in [9.17, 15) is 17.6 Å². The molecule has 8 heteroatoms. The van der Waals surface area contributed by atoms with Gasteiger partial charge >= 0.3 is 6.18 Å². The van der Waals surface area contributed by atoms with Crippen molar-refractivity contribution in [2.75, 3.05) is 26.2 Å². The molecule has 3 rings (SSSR count). The molecular weight excluding hydrogens is 367 g/mol. The average molecular weight is 389 g/mol. The molecule has 0 unspecified atom stereocenters. The van der Waals surface area contributed by atoms with Crippen molar-refractivity contribution < 1.29 is 17.6 Å². The lowest BCUT2D eigenvalue weighted by Crippen LogP contribution is -2.45. The van der Waals surface area contributed by atoms with Gasteiger partial charge in [0.1, 0.15) is 5.82 Å². The lowest BCUT2D eigenvalue weighted by Gasteiger charge is -2.35. The van der Waals surface area contributed by atoms with E-state index in [1.165, 1.54) is 18.9 Å². The zero-order valence-electron chi connectivity index (χ0n) is 13.1. The lowest BCUT2D eigenvalue weighted by molar-refractivity contribution is -0.140. The molecule has 1 N–H and O–H groups in total. The van der Waals surface area contributed by atoms with Gasteiger partial charge in [-0.15, -0.1) is 24.8 Å². The number of halogens is 6. The molecule has 0 amide bonds. The highest BCUT2D eigenvalue weighted by molar-refractivity contribution is 5.85. The summed E-state index contributed by atoms with van der Waals surface area (Å²) in [4.78, 5) is 2.26. The zero-order chi connectivity index (χ0) is 15.7. The quantitative estimate of drug-likeness (QED) is 0.767. The van der Waals surface area contributed by atoms with Gasteiger partial charge in [-0.1, -0.05) is 18.9 Å². The smallest absolute Gasteiger partial charge is 0.314 e. The third kappa shape index (κ3) is 5.22. The number of nitrogens with one attached hydrogen (secondary N) is 1. The second kappa shape index (κ2) is 8.70. The summed E-state index contributed by atoms with van der Waals surface area (Å²) in [6, 6.07) is 3.43. The van der Waals surface area contributed by atoms with E-state index >= 15 is 0 Å². The van der Waals surface area contributed by atoms with Gasteiger partial charge < -0.3 is 5.32 Å². The first-order valence-electron chi connectivity index (χ1n) is 7.76. The fourth-order valence-electron chi connectivity index (χ4n) is 3.13. The normalized spacial score (nSPS) is 20.0. The van der Waals surface area contributed by atoms with Crippen LogP contribution in [0, 0.1) is 11.7 Å². The molecule has 0 spiro atoms. The largest absolute Gasteiger partial charge is 0.419 e. The SMILES string of the molecule is Cl.Cl.Fc1cc([C@H](CC2CC2)N2CCNCC2)ccc1C(F)(F)F. The summed E-state index contributed by atoms with van der Waals surface area (Å²) in [5.41, 5.74) is -0.513. The Morgan fingerprint density at radius 2 is 1.75 bits per heavy atom. The number of piperazine rings is 1. The number of benzene rings is 1. The van der Waals surface area contributed by atoms with E-state index in [1.807, 2.05) is 0 Å². The Morgan fingerprint density at radius 1 is 1.12 bits per heavy atom. The fraction of sp³-hybridized carbons (Fsp3) is 0.625. The molecule has 1 aromatic rings. The van der Waals surface area contributed by atoms with Gasteiger partial charge in [0, 0.05) is 32.2 Å². The molecule has 0 aromatic heterocycles. The molecular formula is C16H22Cl2F4N2. The molecule has 2 nitrogen and oxygen atoms in total. The second-order valence-electron chi connectivity index (χ2n) is 6.22. The predicted octanol–water partition coefficient (Wildman–Crippen LogP) is 4.43. The summed E-state index contributed by atoms with van der Waals surface area (Å²) in [7, 11) is 0. The molecule has 24 heavy (non-hydrogen) atoms. The van der Waals surface area contributed by atoms with Crippen LogP contribution in [0.15, 0.2) is 18.2 Å². The van der Waals surface area contributed by atoms with Crippen molar-refractivity contribution in [1.82, 2.24) is 10.2 Å². The van der Waals surface area contributed by atoms with Crippen LogP contribution in [0.4, 0.5) is 17.6 Å². The van der Waals surface area contributed by atoms with Crippen molar-refractivity contribution in [3.8, 4) is 0 Å². The Balaban J connectivity index is 0.00000144. The molecule has 138 valence electrons. The Hall–Kier alpha value is -0.560. The molecule has 1 saturated carbocycles. The third-order valence-electron chi connectivity index (χ3n) is 4.53. The van der Waals surface area contributed by atoms with E-state index < -0.39 is 17.6 Å². The lowest BCUT2D eigenvalue weighted by atomic mass is 9.97. The predicted molar refractivity (Wildman–Crippen MR) is 90.4 cm³/mol. The highest BCUT2D eigenvalue weighted by atomic mass is 35.5. The van der Waals surface area contributed by atoms with Gasteiger partial charge in [-0.2, -0.15) is 13.2 Å². The van der Waals surface area contributed by atoms with Crippen LogP contribution < -0.4 is 5.32 Å². The molecule has 1 heterocycles. The van der Waals surface area contributed by atoms with Gasteiger partial charge in [0.25, 0.3) is 0 Å². The van der Waals surface area contributed by atoms with E-state index in [0.717, 1.165) is 44.7 Å². The van der Waals surface area contributed by atoms with Gasteiger partial charge in [-0.25, -0.2) is 4.39 Å². The minimum absolute atomic E-state index is 0. The minimum atomic E-state index is -4.64. The van der Waals surface area contributed by atoms with Gasteiger partial charge in [0.15, 0.2) is 0 Å². The Kier molecular flexibility index (Phi) is 7.78. The summed E-state index contributed by atoms with van der Waals surface area (Å²) in [6.45, 7) is 3.43. The van der Waals surface area contributed by atoms with Crippen molar-refractivity contribution >= 4 is 24.8 Å². The minimum Gasteiger partial charge on any atom is -0.314 e. The van der Waals surface area contributed by atoms with Gasteiger partial charge in [-0.3, -0.25) is 4.90 Å². The topological polar surface area (TPSA) is 15.3 Å². The van der Waals surface area contributed by atoms with Gasteiger partial charge in [-0.05, 0) is 30.0 Å². The monoisotopic (exact) mass is 388 g/mol. The third-order valence-corrected chi connectivity index (χ3v) is 4.53. The van der Waals surface area contributed by atoms with E-state index in [1.54, 1.807) is 0 Å². The highest BCUT2D eigenvalue weighted by Crippen LogP contribution is 2.41. The van der Waals surface area contributed by atoms with Gasteiger partial charge in [0.05, 0.1) is 5.56 Å². The van der Waals surface area contributed by atoms with Crippen LogP contribution in [-0.2, 0) is 6.18 Å². The van der Waals surface area contributed by atoms with Crippen LogP contribution >= 0.6 is 24.8 Å². The first-order chi connectivity index (χ1) is 10.4. The van der Waals surface area contributed by atoms with Crippen LogP contribution in [0.25, 0.3) is 0 Å². The van der Waals surface area contributed by atoms with E-state index in [4.69, 9.17) is 0 Å². The Morgan fingerprint density at radius 3 is 2.25 bits per heavy atom. The number of hydrogen-bond acceptors (Lipinski definition) is 2. The van der Waals surface area contributed by atoms with E-state index in [-0.39, 0.29) is 30.9 Å². The summed E-state index contributed by atoms with van der Waals surface area (Å²) in [6.07, 6.45) is -1.38. The molecule has 1 atom stereocenters. The highest BCUT2D eigenvalue weighted by Gasteiger charge is 2.35. The summed E-state index contributed by atoms with van der Waals surface area (Å²) < 4.78 is 52.0. The zero-order valence-corrected chi connectivity index (χ0v) is 14.7. The standard InChI is InChI=1S/C16H20F4N2.2ClH/c17-14-10-12(3-4-13(14)16(18,19)20)15(9-11-1-2-11)22-7-5-21-6-8-22;;/h3-4,10-11,15,21H,1-2,5-9H2;2*1H/t15-;;/m0../s1. The van der Waals surface area contributed by atoms with Crippen molar-refractivity contribution in [2.24, 2.45) is 5.92 Å². The maximum Gasteiger partial charge on any atom is 0.419 e. The summed E-state index contributed by atoms with van der Waals surface area (Å²) >= 11 is 0. The number of nitrogens with zero attached hydrogens (tertiary/aromatic N) is 1. The molecule has 2 aliphatic rings. The van der Waals surface area contributed by atoms with E-state index in [2.05, 4.69) is 10.2 Å². The Labute approximate surface area is 151 Å². The van der Waals surface area contributed by atoms with Crippen LogP contribution in [0.5, 0.6) is 0 Å². The first-order valence-corrected chi connectivity index (χ1v) is 7.76. The van der Waals surface area contributed by atoms with Crippen LogP contribution in [0.2, 0.25) is 0 Å². The maximum atomic E-state index is 13.9. The number of hydrogen-bond donors (Lipinski definition) is 1. The van der Waals surface area contributed by atoms with Crippen molar-refractivity contribution in [3.63, 3.8) is 0 Å². The first kappa shape index (κ1) is 21.5. The van der Waals surface area contributed by atoms with E-state index in [0.29, 0.717) is 11.5 Å². The van der Waals surface area contributed by atoms with Crippen LogP contribution in [-0.4, -0.2) is 31.1 Å². The molecule has 1 aliphatic carbocycles. The number of rotatable bonds is 4. The molecule has 1 aromatic carbocycles. The maximum absolute atomic E-state index is 13.9. The fourth-order valence-corrected chi connectivity index (χ4v) is 3.13. The van der Waals surface area contributed by atoms with Crippen molar-refractivity contribution in [1.29, 1.82) is 0 Å². The van der Waals surface area contributed by atoms with Crippen LogP contribution in [0.1, 0.15) is 36.4 Å². The molecule has 0 bridgehead atoms. The summed E-state index contributed by atoms with van der Waals surface area (Å²) in [5.74, 6) is -0.536.